The molecule has 0 aliphatic heterocycles. The summed E-state index contributed by atoms with van der Waals surface area (Å²) in [5, 5.41) is 0. The van der Waals surface area contributed by atoms with Gasteiger partial charge in [0.05, 0.1) is 13.2 Å². The molecule has 0 fully saturated rings. The molecule has 0 aromatic carbocycles. The van der Waals surface area contributed by atoms with E-state index in [1.807, 2.05) is 13.8 Å². The second kappa shape index (κ2) is 8.49. The Labute approximate surface area is 72.8 Å². The van der Waals surface area contributed by atoms with E-state index in [4.69, 9.17) is 14.2 Å². The summed E-state index contributed by atoms with van der Waals surface area (Å²) in [7, 11) is 0. The SMILES string of the molecule is CCOCC(COCC)OC=O. The molecular weight excluding hydrogens is 160 g/mol. The highest BCUT2D eigenvalue weighted by atomic mass is 16.6. The Hall–Kier alpha value is -0.610. The number of hydrogen-bond donors (Lipinski definition) is 0. The summed E-state index contributed by atoms with van der Waals surface area (Å²) in [6, 6.07) is 0. The first-order valence-corrected chi connectivity index (χ1v) is 4.09. The lowest BCUT2D eigenvalue weighted by atomic mass is 10.4. The molecule has 0 aromatic heterocycles. The molecule has 0 saturated heterocycles. The van der Waals surface area contributed by atoms with Gasteiger partial charge in [0.2, 0.25) is 0 Å². The minimum atomic E-state index is -0.276. The van der Waals surface area contributed by atoms with E-state index in [1.165, 1.54) is 0 Å². The quantitative estimate of drug-likeness (QED) is 0.508. The Morgan fingerprint density at radius 3 is 2.00 bits per heavy atom. The zero-order valence-electron chi connectivity index (χ0n) is 7.62. The second-order valence-corrected chi connectivity index (χ2v) is 2.17. The van der Waals surface area contributed by atoms with Crippen LogP contribution in [0.3, 0.4) is 0 Å². The molecule has 0 aliphatic carbocycles. The smallest absolute Gasteiger partial charge is 0.293 e. The molecule has 0 unspecified atom stereocenters. The second-order valence-electron chi connectivity index (χ2n) is 2.17. The van der Waals surface area contributed by atoms with Crippen molar-refractivity contribution in [3.05, 3.63) is 0 Å². The predicted octanol–water partition coefficient (Wildman–Crippen LogP) is 0.601. The average Bonchev–Trinajstić information content (AvgIpc) is 2.10. The molecule has 72 valence electrons. The predicted molar refractivity (Wildman–Crippen MR) is 43.9 cm³/mol. The van der Waals surface area contributed by atoms with Crippen molar-refractivity contribution in [2.24, 2.45) is 0 Å². The summed E-state index contributed by atoms with van der Waals surface area (Å²) in [5.74, 6) is 0. The minimum absolute atomic E-state index is 0.276. The van der Waals surface area contributed by atoms with E-state index in [9.17, 15) is 4.79 Å². The standard InChI is InChI=1S/C8H16O4/c1-3-10-5-8(12-7-9)6-11-4-2/h7-8H,3-6H2,1-2H3. The van der Waals surface area contributed by atoms with E-state index in [1.54, 1.807) is 0 Å². The number of hydrogen-bond acceptors (Lipinski definition) is 4. The first-order chi connectivity index (χ1) is 5.85. The van der Waals surface area contributed by atoms with Crippen molar-refractivity contribution in [2.45, 2.75) is 20.0 Å². The van der Waals surface area contributed by atoms with Crippen LogP contribution in [0.15, 0.2) is 0 Å². The van der Waals surface area contributed by atoms with E-state index in [0.717, 1.165) is 0 Å². The molecule has 12 heavy (non-hydrogen) atoms. The third kappa shape index (κ3) is 6.12. The Morgan fingerprint density at radius 2 is 1.67 bits per heavy atom. The first-order valence-electron chi connectivity index (χ1n) is 4.09. The van der Waals surface area contributed by atoms with Gasteiger partial charge in [-0.3, -0.25) is 4.79 Å². The maximum atomic E-state index is 10.0. The normalized spacial score (nSPS) is 10.2. The number of carbonyl (C=O) groups is 1. The van der Waals surface area contributed by atoms with Crippen LogP contribution in [0.25, 0.3) is 0 Å². The van der Waals surface area contributed by atoms with Crippen molar-refractivity contribution in [3.8, 4) is 0 Å². The molecule has 0 saturated carbocycles. The Morgan fingerprint density at radius 1 is 1.17 bits per heavy atom. The zero-order valence-corrected chi connectivity index (χ0v) is 7.62. The average molecular weight is 176 g/mol. The Balaban J connectivity index is 3.46. The molecule has 0 aromatic rings. The van der Waals surface area contributed by atoms with Crippen molar-refractivity contribution >= 4 is 6.47 Å². The summed E-state index contributed by atoms with van der Waals surface area (Å²) >= 11 is 0. The highest BCUT2D eigenvalue weighted by molar-refractivity contribution is 5.37. The summed E-state index contributed by atoms with van der Waals surface area (Å²) in [4.78, 5) is 10.0. The van der Waals surface area contributed by atoms with Gasteiger partial charge in [-0.15, -0.1) is 0 Å². The maximum absolute atomic E-state index is 10.0. The fraction of sp³-hybridized carbons (Fsp3) is 0.875. The van der Waals surface area contributed by atoms with Gasteiger partial charge in [-0.05, 0) is 13.8 Å². The molecule has 0 radical (unpaired) electrons. The lowest BCUT2D eigenvalue weighted by Gasteiger charge is -2.14. The molecule has 4 heteroatoms. The van der Waals surface area contributed by atoms with Crippen molar-refractivity contribution in [1.29, 1.82) is 0 Å². The lowest BCUT2D eigenvalue weighted by Crippen LogP contribution is -2.25. The third-order valence-corrected chi connectivity index (χ3v) is 1.26. The van der Waals surface area contributed by atoms with Gasteiger partial charge >= 0.3 is 0 Å². The maximum Gasteiger partial charge on any atom is 0.293 e. The molecule has 0 amide bonds. The molecule has 0 atom stereocenters. The summed E-state index contributed by atoms with van der Waals surface area (Å²) < 4.78 is 14.9. The molecule has 4 nitrogen and oxygen atoms in total. The van der Waals surface area contributed by atoms with Gasteiger partial charge in [-0.25, -0.2) is 0 Å². The van der Waals surface area contributed by atoms with Crippen LogP contribution in [0, 0.1) is 0 Å². The van der Waals surface area contributed by atoms with Gasteiger partial charge in [-0.2, -0.15) is 0 Å². The Kier molecular flexibility index (Phi) is 8.05. The topological polar surface area (TPSA) is 44.8 Å². The van der Waals surface area contributed by atoms with E-state index in [2.05, 4.69) is 0 Å². The summed E-state index contributed by atoms with van der Waals surface area (Å²) in [6.45, 7) is 6.22. The van der Waals surface area contributed by atoms with Gasteiger partial charge in [-0.1, -0.05) is 0 Å². The van der Waals surface area contributed by atoms with E-state index in [-0.39, 0.29) is 6.10 Å². The van der Waals surface area contributed by atoms with Gasteiger partial charge in [0.25, 0.3) is 6.47 Å². The van der Waals surface area contributed by atoms with Gasteiger partial charge in [0, 0.05) is 13.2 Å². The van der Waals surface area contributed by atoms with Crippen LogP contribution >= 0.6 is 0 Å². The largest absolute Gasteiger partial charge is 0.460 e. The summed E-state index contributed by atoms with van der Waals surface area (Å²) in [5.41, 5.74) is 0. The van der Waals surface area contributed by atoms with Crippen LogP contribution in [0.4, 0.5) is 0 Å². The van der Waals surface area contributed by atoms with Gasteiger partial charge < -0.3 is 14.2 Å². The molecule has 0 bridgehead atoms. The molecular formula is C8H16O4. The minimum Gasteiger partial charge on any atom is -0.460 e. The van der Waals surface area contributed by atoms with Crippen LogP contribution in [0.5, 0.6) is 0 Å². The highest BCUT2D eigenvalue weighted by Gasteiger charge is 2.08. The number of rotatable bonds is 8. The van der Waals surface area contributed by atoms with Gasteiger partial charge in [0.15, 0.2) is 0 Å². The number of ether oxygens (including phenoxy) is 3. The third-order valence-electron chi connectivity index (χ3n) is 1.26. The number of carbonyl (C=O) groups excluding carboxylic acids is 1. The zero-order chi connectivity index (χ0) is 9.23. The Bertz CT molecular complexity index is 97.2. The van der Waals surface area contributed by atoms with E-state index < -0.39 is 0 Å². The van der Waals surface area contributed by atoms with Crippen LogP contribution < -0.4 is 0 Å². The van der Waals surface area contributed by atoms with Crippen LogP contribution in [0.2, 0.25) is 0 Å². The van der Waals surface area contributed by atoms with Crippen LogP contribution in [-0.2, 0) is 19.0 Å². The fourth-order valence-electron chi connectivity index (χ4n) is 0.704. The van der Waals surface area contributed by atoms with Crippen LogP contribution in [-0.4, -0.2) is 39.0 Å². The van der Waals surface area contributed by atoms with Gasteiger partial charge in [0.1, 0.15) is 6.10 Å². The van der Waals surface area contributed by atoms with Crippen molar-refractivity contribution in [3.63, 3.8) is 0 Å². The van der Waals surface area contributed by atoms with E-state index in [0.29, 0.717) is 32.9 Å². The lowest BCUT2D eigenvalue weighted by molar-refractivity contribution is -0.140. The molecule has 0 N–H and O–H groups in total. The van der Waals surface area contributed by atoms with Crippen molar-refractivity contribution < 1.29 is 19.0 Å². The highest BCUT2D eigenvalue weighted by Crippen LogP contribution is 1.93. The first kappa shape index (κ1) is 11.4. The van der Waals surface area contributed by atoms with Crippen molar-refractivity contribution in [2.75, 3.05) is 26.4 Å². The van der Waals surface area contributed by atoms with Crippen LogP contribution in [0.1, 0.15) is 13.8 Å². The fourth-order valence-corrected chi connectivity index (χ4v) is 0.704. The molecule has 0 aliphatic rings. The van der Waals surface area contributed by atoms with Crippen molar-refractivity contribution in [1.82, 2.24) is 0 Å². The summed E-state index contributed by atoms with van der Waals surface area (Å²) in [6.07, 6.45) is -0.276. The van der Waals surface area contributed by atoms with E-state index >= 15 is 0 Å². The molecule has 0 spiro atoms. The molecule has 0 rings (SSSR count). The monoisotopic (exact) mass is 176 g/mol. The molecule has 0 heterocycles.